The fraction of sp³-hybridized carbons (Fsp3) is 0.462. The number of amides is 1. The summed E-state index contributed by atoms with van der Waals surface area (Å²) in [5.41, 5.74) is 1.10. The number of rotatable bonds is 1. The van der Waals surface area contributed by atoms with E-state index in [0.717, 1.165) is 31.5 Å². The zero-order valence-corrected chi connectivity index (χ0v) is 10.9. The second-order valence-electron chi connectivity index (χ2n) is 4.60. The highest BCUT2D eigenvalue weighted by atomic mass is 35.5. The zero-order valence-electron chi connectivity index (χ0n) is 10.1. The molecule has 0 aliphatic carbocycles. The van der Waals surface area contributed by atoms with Crippen molar-refractivity contribution in [2.75, 3.05) is 13.1 Å². The molecule has 2 aliphatic heterocycles. The van der Waals surface area contributed by atoms with Crippen molar-refractivity contribution in [1.29, 1.82) is 0 Å². The van der Waals surface area contributed by atoms with Crippen molar-refractivity contribution in [3.8, 4) is 5.75 Å². The number of piperidine rings is 1. The molecular weight excluding hydrogens is 252 g/mol. The van der Waals surface area contributed by atoms with E-state index in [1.807, 2.05) is 29.2 Å². The molecule has 0 radical (unpaired) electrons. The third kappa shape index (κ3) is 2.44. The van der Waals surface area contributed by atoms with Crippen LogP contribution in [0.15, 0.2) is 24.3 Å². The minimum absolute atomic E-state index is 0. The zero-order chi connectivity index (χ0) is 11.7. The number of hydrogen-bond acceptors (Lipinski definition) is 3. The maximum absolute atomic E-state index is 11.9. The molecule has 1 N–H and O–H groups in total. The second kappa shape index (κ2) is 5.59. The lowest BCUT2D eigenvalue weighted by atomic mass is 10.0. The molecule has 98 valence electrons. The van der Waals surface area contributed by atoms with Gasteiger partial charge < -0.3 is 10.1 Å². The van der Waals surface area contributed by atoms with Gasteiger partial charge in [-0.1, -0.05) is 18.2 Å². The van der Waals surface area contributed by atoms with Gasteiger partial charge in [-0.25, -0.2) is 4.79 Å². The second-order valence-corrected chi connectivity index (χ2v) is 4.60. The van der Waals surface area contributed by atoms with Crippen LogP contribution in [0.1, 0.15) is 18.4 Å². The summed E-state index contributed by atoms with van der Waals surface area (Å²) in [5, 5.41) is 3.33. The van der Waals surface area contributed by atoms with Crippen LogP contribution >= 0.6 is 12.4 Å². The summed E-state index contributed by atoms with van der Waals surface area (Å²) in [5.74, 6) is 0.706. The summed E-state index contributed by atoms with van der Waals surface area (Å²) >= 11 is 0. The van der Waals surface area contributed by atoms with Crippen molar-refractivity contribution >= 4 is 18.5 Å². The monoisotopic (exact) mass is 268 g/mol. The van der Waals surface area contributed by atoms with Gasteiger partial charge in [-0.15, -0.1) is 12.4 Å². The van der Waals surface area contributed by atoms with Crippen LogP contribution in [0.3, 0.4) is 0 Å². The number of benzene rings is 1. The fourth-order valence-corrected chi connectivity index (χ4v) is 2.51. The van der Waals surface area contributed by atoms with E-state index in [0.29, 0.717) is 12.3 Å². The summed E-state index contributed by atoms with van der Waals surface area (Å²) in [7, 11) is 0. The van der Waals surface area contributed by atoms with Crippen LogP contribution in [0.4, 0.5) is 4.79 Å². The van der Waals surface area contributed by atoms with Crippen molar-refractivity contribution in [3.05, 3.63) is 29.8 Å². The number of fused-ring (bicyclic) bond motifs is 1. The van der Waals surface area contributed by atoms with E-state index in [9.17, 15) is 4.79 Å². The Kier molecular flexibility index (Phi) is 4.09. The molecule has 4 nitrogen and oxygen atoms in total. The first kappa shape index (κ1) is 13.2. The molecule has 1 amide bonds. The van der Waals surface area contributed by atoms with E-state index in [2.05, 4.69) is 5.32 Å². The predicted octanol–water partition coefficient (Wildman–Crippen LogP) is 2.17. The standard InChI is InChI=1S/C13H16N2O2.ClH/c16-13-15(11-5-3-7-14-8-11)9-10-4-1-2-6-12(10)17-13;/h1-2,4,6,11,14H,3,5,7-9H2;1H. The van der Waals surface area contributed by atoms with Crippen molar-refractivity contribution in [2.24, 2.45) is 0 Å². The van der Waals surface area contributed by atoms with E-state index in [4.69, 9.17) is 4.74 Å². The average Bonchev–Trinajstić information content (AvgIpc) is 2.39. The van der Waals surface area contributed by atoms with Gasteiger partial charge in [0.2, 0.25) is 0 Å². The first-order valence-electron chi connectivity index (χ1n) is 6.11. The van der Waals surface area contributed by atoms with Crippen molar-refractivity contribution in [3.63, 3.8) is 0 Å². The normalized spacial score (nSPS) is 22.8. The molecule has 2 heterocycles. The average molecular weight is 269 g/mol. The van der Waals surface area contributed by atoms with Crippen LogP contribution < -0.4 is 10.1 Å². The number of carbonyl (C=O) groups excluding carboxylic acids is 1. The predicted molar refractivity (Wildman–Crippen MR) is 71.1 cm³/mol. The molecule has 1 saturated heterocycles. The van der Waals surface area contributed by atoms with Crippen LogP contribution in [-0.4, -0.2) is 30.1 Å². The summed E-state index contributed by atoms with van der Waals surface area (Å²) in [6.07, 6.45) is 1.97. The van der Waals surface area contributed by atoms with Crippen molar-refractivity contribution < 1.29 is 9.53 Å². The number of carbonyl (C=O) groups is 1. The molecule has 0 aromatic heterocycles. The van der Waals surface area contributed by atoms with Gasteiger partial charge in [0.1, 0.15) is 5.75 Å². The Morgan fingerprint density at radius 3 is 2.94 bits per heavy atom. The van der Waals surface area contributed by atoms with Gasteiger partial charge in [-0.05, 0) is 25.5 Å². The number of hydrogen-bond donors (Lipinski definition) is 1. The molecule has 2 aliphatic rings. The molecule has 1 fully saturated rings. The summed E-state index contributed by atoms with van der Waals surface area (Å²) in [6, 6.07) is 8.01. The Hall–Kier alpha value is -1.26. The van der Waals surface area contributed by atoms with E-state index < -0.39 is 0 Å². The van der Waals surface area contributed by atoms with Gasteiger partial charge >= 0.3 is 6.09 Å². The Balaban J connectivity index is 0.00000120. The van der Waals surface area contributed by atoms with Crippen LogP contribution in [0.25, 0.3) is 0 Å². The maximum atomic E-state index is 11.9. The molecule has 5 heteroatoms. The summed E-state index contributed by atoms with van der Waals surface area (Å²) < 4.78 is 5.36. The Morgan fingerprint density at radius 1 is 1.33 bits per heavy atom. The Labute approximate surface area is 113 Å². The van der Waals surface area contributed by atoms with E-state index in [-0.39, 0.29) is 24.5 Å². The van der Waals surface area contributed by atoms with Gasteiger partial charge in [0.15, 0.2) is 0 Å². The number of ether oxygens (including phenoxy) is 1. The largest absolute Gasteiger partial charge is 0.415 e. The van der Waals surface area contributed by atoms with Gasteiger partial charge in [0.25, 0.3) is 0 Å². The highest BCUT2D eigenvalue weighted by Gasteiger charge is 2.31. The van der Waals surface area contributed by atoms with Crippen molar-refractivity contribution in [2.45, 2.75) is 25.4 Å². The number of nitrogens with one attached hydrogen (secondary N) is 1. The van der Waals surface area contributed by atoms with Crippen LogP contribution in [0.5, 0.6) is 5.75 Å². The SMILES string of the molecule is Cl.O=C1Oc2ccccc2CN1C1CCCNC1. The molecule has 1 unspecified atom stereocenters. The summed E-state index contributed by atoms with van der Waals surface area (Å²) in [4.78, 5) is 13.8. The molecule has 1 aromatic carbocycles. The van der Waals surface area contributed by atoms with E-state index in [1.54, 1.807) is 0 Å². The van der Waals surface area contributed by atoms with Gasteiger partial charge in [-0.3, -0.25) is 4.90 Å². The minimum atomic E-state index is -0.211. The first-order valence-corrected chi connectivity index (χ1v) is 6.11. The highest BCUT2D eigenvalue weighted by Crippen LogP contribution is 2.27. The molecule has 18 heavy (non-hydrogen) atoms. The van der Waals surface area contributed by atoms with Crippen LogP contribution in [0.2, 0.25) is 0 Å². The number of nitrogens with zero attached hydrogens (tertiary/aromatic N) is 1. The van der Waals surface area contributed by atoms with Crippen LogP contribution in [0, 0.1) is 0 Å². The van der Waals surface area contributed by atoms with E-state index >= 15 is 0 Å². The minimum Gasteiger partial charge on any atom is -0.410 e. The first-order chi connectivity index (χ1) is 8.34. The lowest BCUT2D eigenvalue weighted by Gasteiger charge is -2.36. The van der Waals surface area contributed by atoms with E-state index in [1.165, 1.54) is 0 Å². The Bertz CT molecular complexity index is 433. The third-order valence-electron chi connectivity index (χ3n) is 3.46. The summed E-state index contributed by atoms with van der Waals surface area (Å²) in [6.45, 7) is 2.59. The van der Waals surface area contributed by atoms with Crippen LogP contribution in [-0.2, 0) is 6.54 Å². The highest BCUT2D eigenvalue weighted by molar-refractivity contribution is 5.85. The molecule has 0 bridgehead atoms. The molecular formula is C13H17ClN2O2. The lowest BCUT2D eigenvalue weighted by molar-refractivity contribution is 0.106. The van der Waals surface area contributed by atoms with Gasteiger partial charge in [0.05, 0.1) is 6.54 Å². The fourth-order valence-electron chi connectivity index (χ4n) is 2.51. The molecule has 0 saturated carbocycles. The molecule has 0 spiro atoms. The number of halogens is 1. The maximum Gasteiger partial charge on any atom is 0.415 e. The smallest absolute Gasteiger partial charge is 0.410 e. The third-order valence-corrected chi connectivity index (χ3v) is 3.46. The Morgan fingerprint density at radius 2 is 2.17 bits per heavy atom. The van der Waals surface area contributed by atoms with Gasteiger partial charge in [-0.2, -0.15) is 0 Å². The quantitative estimate of drug-likeness (QED) is 0.849. The number of para-hydroxylation sites is 1. The molecule has 3 rings (SSSR count). The van der Waals surface area contributed by atoms with Gasteiger partial charge in [0, 0.05) is 18.2 Å². The molecule has 1 atom stereocenters. The lowest BCUT2D eigenvalue weighted by Crippen LogP contribution is -2.50. The molecule has 1 aromatic rings. The topological polar surface area (TPSA) is 41.6 Å². The van der Waals surface area contributed by atoms with Crippen molar-refractivity contribution in [1.82, 2.24) is 10.2 Å².